The number of nitrogens with one attached hydrogen (secondary N) is 2. The molecule has 3 aliphatic rings. The van der Waals surface area contributed by atoms with Crippen molar-refractivity contribution in [2.75, 3.05) is 26.2 Å². The molecule has 0 radical (unpaired) electrons. The van der Waals surface area contributed by atoms with Crippen molar-refractivity contribution >= 4 is 11.0 Å². The molecule has 3 fully saturated rings. The van der Waals surface area contributed by atoms with Gasteiger partial charge in [0.1, 0.15) is 29.3 Å². The number of aliphatic hydroxyl groups excluding tert-OH is 1. The molecule has 0 aromatic carbocycles. The Morgan fingerprint density at radius 2 is 1.93 bits per heavy atom. The molecule has 0 unspecified atom stereocenters. The second-order valence-electron chi connectivity index (χ2n) is 12.1. The van der Waals surface area contributed by atoms with Gasteiger partial charge in [0.2, 0.25) is 5.88 Å². The highest BCUT2D eigenvalue weighted by molar-refractivity contribution is 5.91. The van der Waals surface area contributed by atoms with Crippen LogP contribution in [0.3, 0.4) is 0 Å². The van der Waals surface area contributed by atoms with E-state index >= 15 is 0 Å². The van der Waals surface area contributed by atoms with Crippen LogP contribution < -0.4 is 10.1 Å². The minimum Gasteiger partial charge on any atom is -0.474 e. The first-order chi connectivity index (χ1) is 21.2. The molecule has 2 aliphatic heterocycles. The number of halogens is 3. The van der Waals surface area contributed by atoms with Crippen LogP contribution in [0.25, 0.3) is 22.3 Å². The van der Waals surface area contributed by atoms with Gasteiger partial charge in [0.25, 0.3) is 0 Å². The molecule has 44 heavy (non-hydrogen) atoms. The number of aromatic nitrogens is 6. The van der Waals surface area contributed by atoms with Crippen LogP contribution in [0.1, 0.15) is 55.0 Å². The van der Waals surface area contributed by atoms with Crippen LogP contribution in [0, 0.1) is 11.3 Å². The molecule has 0 atom stereocenters. The van der Waals surface area contributed by atoms with Crippen LogP contribution in [0.4, 0.5) is 13.2 Å². The highest BCUT2D eigenvalue weighted by Crippen LogP contribution is 2.43. The van der Waals surface area contributed by atoms with Gasteiger partial charge in [-0.2, -0.15) is 23.5 Å². The van der Waals surface area contributed by atoms with E-state index in [9.17, 15) is 23.5 Å². The fraction of sp³-hybridized carbons (Fsp3) is 0.500. The van der Waals surface area contributed by atoms with Crippen LogP contribution in [-0.2, 0) is 18.3 Å². The van der Waals surface area contributed by atoms with Crippen molar-refractivity contribution in [2.45, 2.75) is 68.5 Å². The Morgan fingerprint density at radius 3 is 2.61 bits per heavy atom. The summed E-state index contributed by atoms with van der Waals surface area (Å²) in [6.07, 6.45) is 2.83. The summed E-state index contributed by atoms with van der Waals surface area (Å²) in [6.45, 7) is 2.42. The van der Waals surface area contributed by atoms with E-state index in [1.165, 1.54) is 6.33 Å². The van der Waals surface area contributed by atoms with Crippen molar-refractivity contribution in [3.63, 3.8) is 0 Å². The van der Waals surface area contributed by atoms with Crippen molar-refractivity contribution in [3.05, 3.63) is 53.9 Å². The quantitative estimate of drug-likeness (QED) is 0.273. The summed E-state index contributed by atoms with van der Waals surface area (Å²) >= 11 is 0. The average Bonchev–Trinajstić information content (AvgIpc) is 3.62. The Balaban J connectivity index is 1.14. The van der Waals surface area contributed by atoms with E-state index in [-0.39, 0.29) is 24.4 Å². The zero-order valence-electron chi connectivity index (χ0n) is 23.9. The number of β-amino-alcohol motifs (C(OH)–C–C–N with tert-alkyl or cyclic N) is 1. The molecule has 1 aliphatic carbocycles. The van der Waals surface area contributed by atoms with E-state index in [4.69, 9.17) is 9.84 Å². The fourth-order valence-electron chi connectivity index (χ4n) is 6.72. The molecular weight excluding hydrogens is 575 g/mol. The molecule has 7 rings (SSSR count). The van der Waals surface area contributed by atoms with Gasteiger partial charge in [-0.3, -0.25) is 9.58 Å². The van der Waals surface area contributed by atoms with E-state index in [2.05, 4.69) is 31.3 Å². The third-order valence-electron chi connectivity index (χ3n) is 9.03. The van der Waals surface area contributed by atoms with Gasteiger partial charge < -0.3 is 20.1 Å². The van der Waals surface area contributed by atoms with Crippen LogP contribution in [0.15, 0.2) is 36.9 Å². The first-order valence-electron chi connectivity index (χ1n) is 14.8. The minimum atomic E-state index is -4.60. The summed E-state index contributed by atoms with van der Waals surface area (Å²) in [5.74, 6) is 0.0461. The molecule has 4 aromatic rings. The summed E-state index contributed by atoms with van der Waals surface area (Å²) < 4.78 is 49.2. The van der Waals surface area contributed by atoms with E-state index < -0.39 is 23.5 Å². The number of nitrogens with zero attached hydrogens (tertiary/aromatic N) is 7. The SMILES string of the molecule is N#CCC1(n2ncc(-c3ncnc4[nH]ccc34)c2C2CCC(Oc3cc(CN4CC(O)C4)cc(C(F)(F)F)n3)CC2)CNC1. The zero-order valence-corrected chi connectivity index (χ0v) is 23.9. The first kappa shape index (κ1) is 28.7. The van der Waals surface area contributed by atoms with Crippen LogP contribution in [0.5, 0.6) is 5.88 Å². The maximum absolute atomic E-state index is 13.7. The summed E-state index contributed by atoms with van der Waals surface area (Å²) in [7, 11) is 0. The number of aromatic amines is 1. The van der Waals surface area contributed by atoms with Gasteiger partial charge in [-0.15, -0.1) is 0 Å². The van der Waals surface area contributed by atoms with Crippen molar-refractivity contribution in [3.8, 4) is 23.2 Å². The largest absolute Gasteiger partial charge is 0.474 e. The number of hydrogen-bond acceptors (Lipinski definition) is 9. The summed E-state index contributed by atoms with van der Waals surface area (Å²) in [4.78, 5) is 17.8. The molecule has 2 saturated heterocycles. The van der Waals surface area contributed by atoms with Crippen LogP contribution in [0.2, 0.25) is 0 Å². The third-order valence-corrected chi connectivity index (χ3v) is 9.03. The van der Waals surface area contributed by atoms with Crippen LogP contribution in [-0.4, -0.2) is 78.1 Å². The number of hydrogen-bond donors (Lipinski definition) is 3. The average molecular weight is 608 g/mol. The number of rotatable bonds is 8. The number of ether oxygens (including phenoxy) is 1. The molecule has 0 amide bonds. The lowest BCUT2D eigenvalue weighted by Crippen LogP contribution is -2.61. The van der Waals surface area contributed by atoms with E-state index in [0.29, 0.717) is 51.0 Å². The topological polar surface area (TPSA) is 141 Å². The zero-order chi connectivity index (χ0) is 30.5. The van der Waals surface area contributed by atoms with Gasteiger partial charge in [0.15, 0.2) is 0 Å². The van der Waals surface area contributed by atoms with E-state index in [1.807, 2.05) is 28.0 Å². The molecule has 11 nitrogen and oxygen atoms in total. The molecule has 230 valence electrons. The monoisotopic (exact) mass is 607 g/mol. The number of likely N-dealkylation sites (tertiary alicyclic amines) is 1. The third kappa shape index (κ3) is 5.29. The second kappa shape index (κ2) is 11.1. The van der Waals surface area contributed by atoms with Crippen molar-refractivity contribution in [1.29, 1.82) is 5.26 Å². The minimum absolute atomic E-state index is 0.0329. The molecule has 1 saturated carbocycles. The molecule has 4 aromatic heterocycles. The van der Waals surface area contributed by atoms with Crippen LogP contribution >= 0.6 is 0 Å². The Labute approximate surface area is 251 Å². The Morgan fingerprint density at radius 1 is 1.14 bits per heavy atom. The standard InChI is InChI=1S/C30H32F3N9O2/c31-30(32,33)24-9-18(12-41-13-20(43)14-41)10-25(40-24)44-21-3-1-19(2-4-21)27-23(26-22-5-8-36-28(22)38-17-37-26)11-39-42(27)29(6-7-34)15-35-16-29/h5,8-11,17,19-21,35,43H,1-4,6,12-16H2,(H,36,37,38). The second-order valence-corrected chi connectivity index (χ2v) is 12.1. The van der Waals surface area contributed by atoms with Gasteiger partial charge in [-0.1, -0.05) is 0 Å². The lowest BCUT2D eigenvalue weighted by atomic mass is 9.81. The normalized spacial score (nSPS) is 22.3. The highest BCUT2D eigenvalue weighted by Gasteiger charge is 2.43. The lowest BCUT2D eigenvalue weighted by Gasteiger charge is -2.43. The molecule has 0 spiro atoms. The van der Waals surface area contributed by atoms with Crippen molar-refractivity contribution in [1.82, 2.24) is 39.9 Å². The number of alkyl halides is 3. The van der Waals surface area contributed by atoms with E-state index in [1.54, 1.807) is 6.07 Å². The molecule has 0 bridgehead atoms. The maximum Gasteiger partial charge on any atom is 0.433 e. The van der Waals surface area contributed by atoms with Gasteiger partial charge in [-0.05, 0) is 43.4 Å². The molecule has 14 heteroatoms. The highest BCUT2D eigenvalue weighted by atomic mass is 19.4. The summed E-state index contributed by atoms with van der Waals surface area (Å²) in [6, 6.07) is 6.90. The lowest BCUT2D eigenvalue weighted by molar-refractivity contribution is -0.141. The smallest absolute Gasteiger partial charge is 0.433 e. The van der Waals surface area contributed by atoms with Gasteiger partial charge in [0.05, 0.1) is 36.2 Å². The Kier molecular flexibility index (Phi) is 7.26. The molecular formula is C30H32F3N9O2. The predicted molar refractivity (Wildman–Crippen MR) is 152 cm³/mol. The number of fused-ring (bicyclic) bond motifs is 1. The number of aliphatic hydroxyl groups is 1. The van der Waals surface area contributed by atoms with Crippen molar-refractivity contribution < 1.29 is 23.0 Å². The molecule has 6 heterocycles. The first-order valence-corrected chi connectivity index (χ1v) is 14.8. The number of pyridine rings is 1. The van der Waals surface area contributed by atoms with Crippen molar-refractivity contribution in [2.24, 2.45) is 0 Å². The number of H-pyrrole nitrogens is 1. The van der Waals surface area contributed by atoms with Gasteiger partial charge in [0, 0.05) is 61.9 Å². The summed E-state index contributed by atoms with van der Waals surface area (Å²) in [5.41, 5.74) is 2.42. The van der Waals surface area contributed by atoms with Gasteiger partial charge in [-0.25, -0.2) is 15.0 Å². The Hall–Kier alpha value is -4.06. The van der Waals surface area contributed by atoms with E-state index in [0.717, 1.165) is 46.9 Å². The maximum atomic E-state index is 13.7. The fourth-order valence-corrected chi connectivity index (χ4v) is 6.72. The Bertz CT molecular complexity index is 1690. The molecule has 3 N–H and O–H groups in total. The number of nitriles is 1. The summed E-state index contributed by atoms with van der Waals surface area (Å²) in [5, 5.41) is 28.2. The van der Waals surface area contributed by atoms with Gasteiger partial charge >= 0.3 is 6.18 Å². The predicted octanol–water partition coefficient (Wildman–Crippen LogP) is 3.73.